The number of hydrogen-bond acceptors (Lipinski definition) is 5. The van der Waals surface area contributed by atoms with Crippen LogP contribution in [0, 0.1) is 0 Å². The average molecular weight is 427 g/mol. The first-order valence-corrected chi connectivity index (χ1v) is 11.1. The van der Waals surface area contributed by atoms with Crippen LogP contribution < -0.4 is 5.73 Å². The van der Waals surface area contributed by atoms with Crippen LogP contribution in [-0.2, 0) is 22.5 Å². The molecule has 6 nitrogen and oxygen atoms in total. The van der Waals surface area contributed by atoms with E-state index in [1.54, 1.807) is 4.90 Å². The van der Waals surface area contributed by atoms with Crippen LogP contribution in [0.1, 0.15) is 37.3 Å². The first-order valence-electron chi connectivity index (χ1n) is 11.1. The smallest absolute Gasteiger partial charge is 0.410 e. The third kappa shape index (κ3) is 6.79. The minimum Gasteiger partial charge on any atom is -0.449 e. The topological polar surface area (TPSA) is 85.0 Å². The molecule has 3 N–H and O–H groups in total. The van der Waals surface area contributed by atoms with Gasteiger partial charge in [0.2, 0.25) is 0 Å². The summed E-state index contributed by atoms with van der Waals surface area (Å²) in [6, 6.07) is 18.8. The molecule has 2 aromatic rings. The third-order valence-corrected chi connectivity index (χ3v) is 5.74. The van der Waals surface area contributed by atoms with Crippen molar-refractivity contribution in [1.82, 2.24) is 4.90 Å². The number of nitrogens with two attached hydrogens (primary N) is 1. The van der Waals surface area contributed by atoms with E-state index in [2.05, 4.69) is 0 Å². The van der Waals surface area contributed by atoms with Gasteiger partial charge in [0.15, 0.2) is 0 Å². The number of unbranched alkanes of at least 4 members (excludes halogenated alkanes) is 1. The number of aliphatic hydroxyl groups is 1. The zero-order valence-electron chi connectivity index (χ0n) is 18.2. The molecule has 1 fully saturated rings. The largest absolute Gasteiger partial charge is 0.449 e. The van der Waals surface area contributed by atoms with Crippen molar-refractivity contribution in [3.63, 3.8) is 0 Å². The van der Waals surface area contributed by atoms with Crippen LogP contribution in [0.4, 0.5) is 4.79 Å². The number of amides is 1. The van der Waals surface area contributed by atoms with Crippen molar-refractivity contribution >= 4 is 6.09 Å². The summed E-state index contributed by atoms with van der Waals surface area (Å²) >= 11 is 0. The maximum absolute atomic E-state index is 12.7. The Labute approximate surface area is 185 Å². The molecule has 2 unspecified atom stereocenters. The van der Waals surface area contributed by atoms with E-state index in [9.17, 15) is 9.90 Å². The van der Waals surface area contributed by atoms with E-state index in [4.69, 9.17) is 15.2 Å². The van der Waals surface area contributed by atoms with Gasteiger partial charge in [-0.05, 0) is 30.4 Å². The normalized spacial score (nSPS) is 20.4. The van der Waals surface area contributed by atoms with Crippen molar-refractivity contribution in [2.24, 2.45) is 5.73 Å². The van der Waals surface area contributed by atoms with Crippen LogP contribution in [0.15, 0.2) is 60.7 Å². The first-order chi connectivity index (χ1) is 15.1. The summed E-state index contributed by atoms with van der Waals surface area (Å²) < 4.78 is 11.5. The highest BCUT2D eigenvalue weighted by Gasteiger charge is 2.42. The van der Waals surface area contributed by atoms with Gasteiger partial charge in [-0.1, -0.05) is 74.0 Å². The molecule has 0 bridgehead atoms. The van der Waals surface area contributed by atoms with Gasteiger partial charge in [-0.2, -0.15) is 0 Å². The van der Waals surface area contributed by atoms with Crippen molar-refractivity contribution in [3.8, 4) is 0 Å². The molecule has 1 amide bonds. The lowest BCUT2D eigenvalue weighted by molar-refractivity contribution is 0.0390. The second-order valence-corrected chi connectivity index (χ2v) is 8.19. The number of likely N-dealkylation sites (tertiary alicyclic amines) is 1. The fraction of sp³-hybridized carbons (Fsp3) is 0.480. The molecule has 31 heavy (non-hydrogen) atoms. The molecule has 1 aliphatic heterocycles. The molecule has 1 saturated heterocycles. The lowest BCUT2D eigenvalue weighted by Gasteiger charge is -2.31. The molecule has 6 heteroatoms. The Morgan fingerprint density at radius 1 is 1.13 bits per heavy atom. The molecule has 0 spiro atoms. The zero-order valence-corrected chi connectivity index (χ0v) is 18.2. The molecule has 0 aliphatic carbocycles. The highest BCUT2D eigenvalue weighted by molar-refractivity contribution is 5.68. The monoisotopic (exact) mass is 426 g/mol. The van der Waals surface area contributed by atoms with Crippen LogP contribution in [-0.4, -0.2) is 53.5 Å². The number of rotatable bonds is 10. The molecular weight excluding hydrogens is 392 g/mol. The minimum absolute atomic E-state index is 0.178. The molecule has 1 aliphatic rings. The van der Waals surface area contributed by atoms with Crippen LogP contribution in [0.3, 0.4) is 0 Å². The lowest BCUT2D eigenvalue weighted by Crippen LogP contribution is -2.51. The molecule has 3 rings (SSSR count). The lowest BCUT2D eigenvalue weighted by atomic mass is 9.95. The number of hydrogen-bond donors (Lipinski definition) is 2. The minimum atomic E-state index is -0.871. The van der Waals surface area contributed by atoms with Gasteiger partial charge in [-0.3, -0.25) is 4.90 Å². The second kappa shape index (κ2) is 11.8. The van der Waals surface area contributed by atoms with Crippen LogP contribution in [0.2, 0.25) is 0 Å². The third-order valence-electron chi connectivity index (χ3n) is 5.74. The number of carbonyl (C=O) groups excluding carboxylic acids is 1. The fourth-order valence-electron chi connectivity index (χ4n) is 3.95. The van der Waals surface area contributed by atoms with Gasteiger partial charge in [0.1, 0.15) is 0 Å². The highest BCUT2D eigenvalue weighted by Crippen LogP contribution is 2.26. The number of aliphatic hydroxyl groups excluding tert-OH is 1. The standard InChI is InChI=1S/C25H34N2O4/c1-2-3-14-30-25(29)27-17-21(31-18-20-12-8-5-9-13-20)16-23(27)24(28)22(26)15-19-10-6-4-7-11-19/h4-13,21-24,28H,2-3,14-18,26H2,1H3/t21?,22-,23?,24-/m0/s1. The van der Waals surface area contributed by atoms with Crippen molar-refractivity contribution < 1.29 is 19.4 Å². The van der Waals surface area contributed by atoms with Gasteiger partial charge in [-0.25, -0.2) is 4.79 Å². The van der Waals surface area contributed by atoms with E-state index in [1.165, 1.54) is 0 Å². The molecule has 4 atom stereocenters. The van der Waals surface area contributed by atoms with Crippen LogP contribution >= 0.6 is 0 Å². The Morgan fingerprint density at radius 3 is 2.42 bits per heavy atom. The number of nitrogens with zero attached hydrogens (tertiary/aromatic N) is 1. The predicted octanol–water partition coefficient (Wildman–Crippen LogP) is 3.51. The van der Waals surface area contributed by atoms with Crippen molar-refractivity contribution in [1.29, 1.82) is 0 Å². The van der Waals surface area contributed by atoms with E-state index in [0.29, 0.717) is 32.6 Å². The molecule has 1 heterocycles. The van der Waals surface area contributed by atoms with E-state index < -0.39 is 24.3 Å². The van der Waals surface area contributed by atoms with Crippen molar-refractivity contribution in [2.45, 2.75) is 63.5 Å². The maximum Gasteiger partial charge on any atom is 0.410 e. The Bertz CT molecular complexity index is 787. The summed E-state index contributed by atoms with van der Waals surface area (Å²) in [7, 11) is 0. The van der Waals surface area contributed by atoms with Crippen molar-refractivity contribution in [2.75, 3.05) is 13.2 Å². The van der Waals surface area contributed by atoms with E-state index in [-0.39, 0.29) is 6.10 Å². The Hall–Kier alpha value is -2.41. The summed E-state index contributed by atoms with van der Waals surface area (Å²) in [5, 5.41) is 11.0. The molecule has 0 aromatic heterocycles. The summed E-state index contributed by atoms with van der Waals surface area (Å²) in [4.78, 5) is 14.3. The van der Waals surface area contributed by atoms with Gasteiger partial charge >= 0.3 is 6.09 Å². The SMILES string of the molecule is CCCCOC(=O)N1CC(OCc2ccccc2)CC1[C@@H](O)[C@@H](N)Cc1ccccc1. The Balaban J connectivity index is 1.64. The quantitative estimate of drug-likeness (QED) is 0.568. The van der Waals surface area contributed by atoms with E-state index in [0.717, 1.165) is 24.0 Å². The van der Waals surface area contributed by atoms with Gasteiger partial charge in [0, 0.05) is 6.04 Å². The van der Waals surface area contributed by atoms with Gasteiger partial charge in [0.25, 0.3) is 0 Å². The summed E-state index contributed by atoms with van der Waals surface area (Å²) in [6.45, 7) is 3.27. The van der Waals surface area contributed by atoms with Crippen LogP contribution in [0.25, 0.3) is 0 Å². The summed E-state index contributed by atoms with van der Waals surface area (Å²) in [6.07, 6.45) is 1.37. The maximum atomic E-state index is 12.7. The average Bonchev–Trinajstić information content (AvgIpc) is 3.23. The fourth-order valence-corrected chi connectivity index (χ4v) is 3.95. The Kier molecular flexibility index (Phi) is 8.88. The molecule has 2 aromatic carbocycles. The first kappa shape index (κ1) is 23.3. The number of carbonyl (C=O) groups is 1. The molecule has 0 radical (unpaired) electrons. The second-order valence-electron chi connectivity index (χ2n) is 8.19. The molecule has 168 valence electrons. The summed E-state index contributed by atoms with van der Waals surface area (Å²) in [5.41, 5.74) is 8.48. The van der Waals surface area contributed by atoms with Gasteiger partial charge in [0.05, 0.1) is 38.0 Å². The van der Waals surface area contributed by atoms with Crippen LogP contribution in [0.5, 0.6) is 0 Å². The number of benzene rings is 2. The van der Waals surface area contributed by atoms with Crippen molar-refractivity contribution in [3.05, 3.63) is 71.8 Å². The Morgan fingerprint density at radius 2 is 1.77 bits per heavy atom. The zero-order chi connectivity index (χ0) is 22.1. The van der Waals surface area contributed by atoms with E-state index >= 15 is 0 Å². The number of ether oxygens (including phenoxy) is 2. The molecule has 0 saturated carbocycles. The molecular formula is C25H34N2O4. The van der Waals surface area contributed by atoms with Gasteiger partial charge < -0.3 is 20.3 Å². The predicted molar refractivity (Wildman–Crippen MR) is 121 cm³/mol. The summed E-state index contributed by atoms with van der Waals surface area (Å²) in [5.74, 6) is 0. The highest BCUT2D eigenvalue weighted by atomic mass is 16.6. The van der Waals surface area contributed by atoms with E-state index in [1.807, 2.05) is 67.6 Å². The van der Waals surface area contributed by atoms with Gasteiger partial charge in [-0.15, -0.1) is 0 Å².